The van der Waals surface area contributed by atoms with Crippen LogP contribution in [0, 0.1) is 0 Å². The van der Waals surface area contributed by atoms with Gasteiger partial charge in [0.1, 0.15) is 5.76 Å². The monoisotopic (exact) mass is 479 g/mol. The van der Waals surface area contributed by atoms with Crippen molar-refractivity contribution in [1.82, 2.24) is 15.1 Å². The van der Waals surface area contributed by atoms with E-state index in [2.05, 4.69) is 87.9 Å². The van der Waals surface area contributed by atoms with Gasteiger partial charge >= 0.3 is 0 Å². The summed E-state index contributed by atoms with van der Waals surface area (Å²) < 4.78 is 5.90. The first-order valence-corrected chi connectivity index (χ1v) is 12.7. The molecular formula is C31H33N3O2. The van der Waals surface area contributed by atoms with Gasteiger partial charge in [0.05, 0.1) is 12.6 Å². The summed E-state index contributed by atoms with van der Waals surface area (Å²) in [5.74, 6) is 1.06. The van der Waals surface area contributed by atoms with E-state index in [-0.39, 0.29) is 11.9 Å². The van der Waals surface area contributed by atoms with Crippen LogP contribution in [-0.2, 0) is 13.0 Å². The molecule has 1 saturated heterocycles. The summed E-state index contributed by atoms with van der Waals surface area (Å²) in [6, 6.07) is 35.6. The van der Waals surface area contributed by atoms with Gasteiger partial charge in [0.25, 0.3) is 5.91 Å². The van der Waals surface area contributed by atoms with E-state index in [1.54, 1.807) is 6.07 Å². The second-order valence-electron chi connectivity index (χ2n) is 9.29. The minimum Gasteiger partial charge on any atom is -0.455 e. The maximum Gasteiger partial charge on any atom is 0.287 e. The van der Waals surface area contributed by atoms with Crippen LogP contribution in [0.2, 0.25) is 0 Å². The summed E-state index contributed by atoms with van der Waals surface area (Å²) in [4.78, 5) is 17.5. The van der Waals surface area contributed by atoms with Crippen LogP contribution in [0.3, 0.4) is 0 Å². The molecule has 0 bridgehead atoms. The lowest BCUT2D eigenvalue weighted by atomic mass is 9.96. The molecule has 0 spiro atoms. The fourth-order valence-corrected chi connectivity index (χ4v) is 4.92. The molecule has 4 aromatic rings. The highest BCUT2D eigenvalue weighted by Gasteiger charge is 2.26. The number of carbonyl (C=O) groups excluding carboxylic acids is 1. The van der Waals surface area contributed by atoms with Gasteiger partial charge in [-0.2, -0.15) is 0 Å². The minimum absolute atomic E-state index is 0.157. The van der Waals surface area contributed by atoms with Gasteiger partial charge in [0.2, 0.25) is 0 Å². The fraction of sp³-hybridized carbons (Fsp3) is 0.258. The fourth-order valence-electron chi connectivity index (χ4n) is 4.92. The number of nitrogens with zero attached hydrogens (tertiary/aromatic N) is 2. The summed E-state index contributed by atoms with van der Waals surface area (Å²) in [6.07, 6.45) is 0.803. The zero-order valence-electron chi connectivity index (χ0n) is 20.6. The van der Waals surface area contributed by atoms with Crippen molar-refractivity contribution in [2.45, 2.75) is 19.0 Å². The maximum absolute atomic E-state index is 12.5. The molecule has 0 aliphatic carbocycles. The molecule has 1 amide bonds. The Balaban J connectivity index is 1.14. The highest BCUT2D eigenvalue weighted by atomic mass is 16.4. The number of piperazine rings is 1. The van der Waals surface area contributed by atoms with Crippen molar-refractivity contribution in [3.63, 3.8) is 0 Å². The molecule has 1 aliphatic rings. The Morgan fingerprint density at radius 3 is 1.94 bits per heavy atom. The second kappa shape index (κ2) is 11.8. The van der Waals surface area contributed by atoms with Gasteiger partial charge < -0.3 is 9.73 Å². The van der Waals surface area contributed by atoms with E-state index in [0.29, 0.717) is 18.8 Å². The van der Waals surface area contributed by atoms with E-state index in [0.717, 1.165) is 38.4 Å². The molecule has 0 radical (unpaired) electrons. The molecule has 3 aromatic carbocycles. The molecule has 5 heteroatoms. The molecule has 2 heterocycles. The van der Waals surface area contributed by atoms with Gasteiger partial charge in [-0.15, -0.1) is 0 Å². The highest BCUT2D eigenvalue weighted by molar-refractivity contribution is 5.91. The van der Waals surface area contributed by atoms with Gasteiger partial charge in [-0.05, 0) is 35.2 Å². The zero-order chi connectivity index (χ0) is 24.6. The number of rotatable bonds is 9. The number of hydrogen-bond acceptors (Lipinski definition) is 4. The number of benzene rings is 3. The lowest BCUT2D eigenvalue weighted by Crippen LogP contribution is -2.47. The number of nitrogens with one attached hydrogen (secondary N) is 1. The van der Waals surface area contributed by atoms with Crippen molar-refractivity contribution in [3.8, 4) is 0 Å². The van der Waals surface area contributed by atoms with Crippen molar-refractivity contribution in [3.05, 3.63) is 131 Å². The van der Waals surface area contributed by atoms with Crippen LogP contribution in [0.4, 0.5) is 0 Å². The molecule has 0 saturated carbocycles. The average Bonchev–Trinajstić information content (AvgIpc) is 3.40. The standard InChI is InChI=1S/C31H33N3O2/c35-31(32-19-18-25-10-4-1-5-11-25)29-17-16-28(36-29)24-33-20-22-34(23-21-33)30(26-12-6-2-7-13-26)27-14-8-3-9-15-27/h1-17,30H,18-24H2,(H,32,35). The van der Waals surface area contributed by atoms with Crippen molar-refractivity contribution in [1.29, 1.82) is 0 Å². The number of amides is 1. The summed E-state index contributed by atoms with van der Waals surface area (Å²) in [5, 5.41) is 2.96. The van der Waals surface area contributed by atoms with E-state index in [1.165, 1.54) is 16.7 Å². The molecule has 5 nitrogen and oxygen atoms in total. The smallest absolute Gasteiger partial charge is 0.287 e. The Hall–Kier alpha value is -3.67. The number of furan rings is 1. The second-order valence-corrected chi connectivity index (χ2v) is 9.29. The van der Waals surface area contributed by atoms with Crippen molar-refractivity contribution in [2.24, 2.45) is 0 Å². The maximum atomic E-state index is 12.5. The van der Waals surface area contributed by atoms with Crippen LogP contribution in [0.5, 0.6) is 0 Å². The summed E-state index contributed by atoms with van der Waals surface area (Å²) in [6.45, 7) is 5.16. The third-order valence-electron chi connectivity index (χ3n) is 6.81. The Labute approximate surface area is 213 Å². The van der Waals surface area contributed by atoms with Gasteiger partial charge in [0.15, 0.2) is 5.76 Å². The SMILES string of the molecule is O=C(NCCc1ccccc1)c1ccc(CN2CCN(C(c3ccccc3)c3ccccc3)CC2)o1. The van der Waals surface area contributed by atoms with Gasteiger partial charge in [-0.1, -0.05) is 91.0 Å². The van der Waals surface area contributed by atoms with Gasteiger partial charge in [-0.25, -0.2) is 0 Å². The lowest BCUT2D eigenvalue weighted by molar-refractivity contribution is 0.0903. The molecule has 1 aromatic heterocycles. The topological polar surface area (TPSA) is 48.7 Å². The van der Waals surface area contributed by atoms with E-state index in [9.17, 15) is 4.79 Å². The molecule has 0 atom stereocenters. The summed E-state index contributed by atoms with van der Waals surface area (Å²) >= 11 is 0. The Morgan fingerprint density at radius 2 is 1.33 bits per heavy atom. The van der Waals surface area contributed by atoms with Crippen LogP contribution in [0.25, 0.3) is 0 Å². The Kier molecular flexibility index (Phi) is 7.91. The van der Waals surface area contributed by atoms with Crippen LogP contribution >= 0.6 is 0 Å². The lowest BCUT2D eigenvalue weighted by Gasteiger charge is -2.39. The predicted molar refractivity (Wildman–Crippen MR) is 143 cm³/mol. The third-order valence-corrected chi connectivity index (χ3v) is 6.81. The molecule has 1 N–H and O–H groups in total. The van der Waals surface area contributed by atoms with E-state index in [1.807, 2.05) is 24.3 Å². The quantitative estimate of drug-likeness (QED) is 0.360. The van der Waals surface area contributed by atoms with Crippen molar-refractivity contribution < 1.29 is 9.21 Å². The molecular weight excluding hydrogens is 446 g/mol. The van der Waals surface area contributed by atoms with Gasteiger partial charge in [-0.3, -0.25) is 14.6 Å². The van der Waals surface area contributed by atoms with E-state index < -0.39 is 0 Å². The Bertz CT molecular complexity index is 1180. The summed E-state index contributed by atoms with van der Waals surface area (Å²) in [5.41, 5.74) is 3.86. The average molecular weight is 480 g/mol. The number of carbonyl (C=O) groups is 1. The minimum atomic E-state index is -0.157. The van der Waals surface area contributed by atoms with Crippen LogP contribution in [-0.4, -0.2) is 48.4 Å². The third kappa shape index (κ3) is 6.11. The zero-order valence-corrected chi connectivity index (χ0v) is 20.6. The molecule has 184 valence electrons. The highest BCUT2D eigenvalue weighted by Crippen LogP contribution is 2.29. The molecule has 36 heavy (non-hydrogen) atoms. The molecule has 0 unspecified atom stereocenters. The molecule has 1 fully saturated rings. The first kappa shape index (κ1) is 24.0. The molecule has 1 aliphatic heterocycles. The van der Waals surface area contributed by atoms with Crippen molar-refractivity contribution >= 4 is 5.91 Å². The summed E-state index contributed by atoms with van der Waals surface area (Å²) in [7, 11) is 0. The van der Waals surface area contributed by atoms with E-state index >= 15 is 0 Å². The van der Waals surface area contributed by atoms with Gasteiger partial charge in [0, 0.05) is 32.7 Å². The number of hydrogen-bond donors (Lipinski definition) is 1. The first-order valence-electron chi connectivity index (χ1n) is 12.7. The van der Waals surface area contributed by atoms with Crippen LogP contribution in [0.15, 0.2) is 108 Å². The molecule has 5 rings (SSSR count). The van der Waals surface area contributed by atoms with Crippen molar-refractivity contribution in [2.75, 3.05) is 32.7 Å². The van der Waals surface area contributed by atoms with E-state index in [4.69, 9.17) is 4.42 Å². The predicted octanol–water partition coefficient (Wildman–Crippen LogP) is 5.16. The normalized spacial score (nSPS) is 14.7. The largest absolute Gasteiger partial charge is 0.455 e. The first-order chi connectivity index (χ1) is 17.8. The van der Waals surface area contributed by atoms with Crippen LogP contribution in [0.1, 0.15) is 39.0 Å². The van der Waals surface area contributed by atoms with Crippen LogP contribution < -0.4 is 5.32 Å². The Morgan fingerprint density at radius 1 is 0.750 bits per heavy atom.